The zero-order chi connectivity index (χ0) is 11.5. The van der Waals surface area contributed by atoms with E-state index >= 15 is 0 Å². The minimum Gasteiger partial charge on any atom is -0.258 e. The van der Waals surface area contributed by atoms with Crippen molar-refractivity contribution in [3.8, 4) is 0 Å². The molecular weight excluding hydrogens is 258 g/mol. The summed E-state index contributed by atoms with van der Waals surface area (Å²) in [5, 5.41) is 11.2. The zero-order valence-electron chi connectivity index (χ0n) is 8.86. The Morgan fingerprint density at radius 3 is 2.13 bits per heavy atom. The van der Waals surface area contributed by atoms with Crippen molar-refractivity contribution in [2.45, 2.75) is 26.2 Å². The molecule has 0 spiro atoms. The number of nitro groups is 1. The monoisotopic (exact) mass is 273 g/mol. The van der Waals surface area contributed by atoms with Gasteiger partial charge in [0.05, 0.1) is 4.92 Å². The zero-order valence-corrected chi connectivity index (χ0v) is 10.4. The van der Waals surface area contributed by atoms with Gasteiger partial charge in [-0.3, -0.25) is 10.1 Å². The van der Waals surface area contributed by atoms with Crippen molar-refractivity contribution >= 4 is 21.6 Å². The Hall–Kier alpha value is -0.900. The fourth-order valence-electron chi connectivity index (χ4n) is 0.894. The van der Waals surface area contributed by atoms with Crippen molar-refractivity contribution < 1.29 is 4.92 Å². The van der Waals surface area contributed by atoms with Gasteiger partial charge in [0, 0.05) is 17.5 Å². The van der Waals surface area contributed by atoms with E-state index in [0.29, 0.717) is 0 Å². The van der Waals surface area contributed by atoms with Crippen molar-refractivity contribution in [1.82, 2.24) is 0 Å². The average molecular weight is 274 g/mol. The lowest BCUT2D eigenvalue weighted by Crippen LogP contribution is -1.84. The van der Waals surface area contributed by atoms with Crippen molar-refractivity contribution in [1.29, 1.82) is 0 Å². The van der Waals surface area contributed by atoms with Crippen molar-refractivity contribution in [2.24, 2.45) is 0 Å². The quantitative estimate of drug-likeness (QED) is 0.358. The summed E-state index contributed by atoms with van der Waals surface area (Å²) >= 11 is 3.35. The third-order valence-electron chi connectivity index (χ3n) is 1.70. The molecule has 84 valence electrons. The van der Waals surface area contributed by atoms with E-state index in [2.05, 4.69) is 22.9 Å². The molecule has 0 saturated heterocycles. The number of hydrogen-bond donors (Lipinski definition) is 0. The van der Waals surface area contributed by atoms with Crippen LogP contribution in [-0.2, 0) is 0 Å². The fourth-order valence-corrected chi connectivity index (χ4v) is 1.29. The van der Waals surface area contributed by atoms with Crippen LogP contribution in [-0.4, -0.2) is 10.3 Å². The van der Waals surface area contributed by atoms with Crippen LogP contribution in [0.2, 0.25) is 0 Å². The molecule has 1 rings (SSSR count). The standard InChI is InChI=1S/C6H5NO2.C5H11Br/c8-7(9)6-4-2-1-3-5-6;1-2-3-4-5-6/h1-5H;2-5H2,1H3. The van der Waals surface area contributed by atoms with E-state index in [4.69, 9.17) is 0 Å². The summed E-state index contributed by atoms with van der Waals surface area (Å²) in [5.41, 5.74) is 0.137. The first-order valence-electron chi connectivity index (χ1n) is 4.97. The minimum atomic E-state index is -0.417. The molecule has 1 aromatic carbocycles. The van der Waals surface area contributed by atoms with Gasteiger partial charge < -0.3 is 0 Å². The topological polar surface area (TPSA) is 43.1 Å². The number of unbranched alkanes of at least 4 members (excludes halogenated alkanes) is 2. The number of rotatable bonds is 4. The largest absolute Gasteiger partial charge is 0.269 e. The number of alkyl halides is 1. The number of nitrogens with zero attached hydrogens (tertiary/aromatic N) is 1. The summed E-state index contributed by atoms with van der Waals surface area (Å²) in [6, 6.07) is 7.93. The molecule has 0 radical (unpaired) electrons. The van der Waals surface area contributed by atoms with E-state index < -0.39 is 4.92 Å². The van der Waals surface area contributed by atoms with Crippen LogP contribution in [0.5, 0.6) is 0 Å². The first kappa shape index (κ1) is 14.1. The summed E-state index contributed by atoms with van der Waals surface area (Å²) in [5.74, 6) is 0. The van der Waals surface area contributed by atoms with Crippen LogP contribution < -0.4 is 0 Å². The van der Waals surface area contributed by atoms with E-state index in [-0.39, 0.29) is 5.69 Å². The van der Waals surface area contributed by atoms with Crippen molar-refractivity contribution in [3.05, 3.63) is 40.4 Å². The predicted molar refractivity (Wildman–Crippen MR) is 66.4 cm³/mol. The van der Waals surface area contributed by atoms with Crippen molar-refractivity contribution in [3.63, 3.8) is 0 Å². The number of benzene rings is 1. The van der Waals surface area contributed by atoms with Gasteiger partial charge in [-0.2, -0.15) is 0 Å². The molecule has 0 aromatic heterocycles. The van der Waals surface area contributed by atoms with Crippen LogP contribution in [0, 0.1) is 10.1 Å². The molecule has 0 atom stereocenters. The first-order chi connectivity index (χ1) is 7.22. The van der Waals surface area contributed by atoms with Gasteiger partial charge in [0.15, 0.2) is 0 Å². The normalized spacial score (nSPS) is 8.93. The third kappa shape index (κ3) is 8.12. The molecule has 0 aliphatic heterocycles. The van der Waals surface area contributed by atoms with Gasteiger partial charge in [-0.25, -0.2) is 0 Å². The highest BCUT2D eigenvalue weighted by Crippen LogP contribution is 2.06. The van der Waals surface area contributed by atoms with E-state index in [1.165, 1.54) is 36.7 Å². The van der Waals surface area contributed by atoms with E-state index in [1.807, 2.05) is 0 Å². The highest BCUT2D eigenvalue weighted by atomic mass is 79.9. The molecule has 1 aromatic rings. The Labute approximate surface area is 98.8 Å². The SMILES string of the molecule is CCCCCBr.O=[N+]([O-])c1ccccc1. The molecular formula is C11H16BrNO2. The van der Waals surface area contributed by atoms with Gasteiger partial charge >= 0.3 is 0 Å². The molecule has 3 nitrogen and oxygen atoms in total. The Balaban J connectivity index is 0.000000288. The lowest BCUT2D eigenvalue weighted by Gasteiger charge is -1.85. The smallest absolute Gasteiger partial charge is 0.258 e. The van der Waals surface area contributed by atoms with Gasteiger partial charge in [-0.05, 0) is 6.42 Å². The highest BCUT2D eigenvalue weighted by Gasteiger charge is 1.98. The molecule has 0 N–H and O–H groups in total. The maximum Gasteiger partial charge on any atom is 0.269 e. The molecule has 0 heterocycles. The fraction of sp³-hybridized carbons (Fsp3) is 0.455. The second-order valence-corrected chi connectivity index (χ2v) is 3.78. The number of non-ortho nitro benzene ring substituents is 1. The van der Waals surface area contributed by atoms with Crippen LogP contribution >= 0.6 is 15.9 Å². The van der Waals surface area contributed by atoms with Crippen LogP contribution in [0.4, 0.5) is 5.69 Å². The minimum absolute atomic E-state index is 0.137. The number of nitro benzene ring substituents is 1. The molecule has 0 aliphatic carbocycles. The Bertz CT molecular complexity index is 261. The highest BCUT2D eigenvalue weighted by molar-refractivity contribution is 9.09. The Morgan fingerprint density at radius 2 is 1.87 bits per heavy atom. The first-order valence-corrected chi connectivity index (χ1v) is 6.10. The summed E-state index contributed by atoms with van der Waals surface area (Å²) in [6.07, 6.45) is 4.02. The van der Waals surface area contributed by atoms with Crippen molar-refractivity contribution in [2.75, 3.05) is 5.33 Å². The summed E-state index contributed by atoms with van der Waals surface area (Å²) < 4.78 is 0. The Kier molecular flexibility index (Phi) is 9.07. The molecule has 15 heavy (non-hydrogen) atoms. The second-order valence-electron chi connectivity index (χ2n) is 2.99. The maximum absolute atomic E-state index is 10.0. The van der Waals surface area contributed by atoms with E-state index in [0.717, 1.165) is 0 Å². The van der Waals surface area contributed by atoms with Crippen LogP contribution in [0.25, 0.3) is 0 Å². The van der Waals surface area contributed by atoms with Crippen LogP contribution in [0.1, 0.15) is 26.2 Å². The molecule has 0 fully saturated rings. The second kappa shape index (κ2) is 9.65. The third-order valence-corrected chi connectivity index (χ3v) is 2.26. The average Bonchev–Trinajstić information content (AvgIpc) is 2.28. The lowest BCUT2D eigenvalue weighted by molar-refractivity contribution is -0.384. The van der Waals surface area contributed by atoms with Crippen LogP contribution in [0.15, 0.2) is 30.3 Å². The van der Waals surface area contributed by atoms with Gasteiger partial charge in [0.2, 0.25) is 0 Å². The molecule has 0 bridgehead atoms. The number of hydrogen-bond acceptors (Lipinski definition) is 2. The number of halogens is 1. The lowest BCUT2D eigenvalue weighted by atomic mass is 10.3. The predicted octanol–water partition coefficient (Wildman–Crippen LogP) is 4.17. The van der Waals surface area contributed by atoms with E-state index in [1.54, 1.807) is 18.2 Å². The molecule has 0 amide bonds. The Morgan fingerprint density at radius 1 is 1.27 bits per heavy atom. The number of para-hydroxylation sites is 1. The summed E-state index contributed by atoms with van der Waals surface area (Å²) in [6.45, 7) is 2.21. The summed E-state index contributed by atoms with van der Waals surface area (Å²) in [4.78, 5) is 9.59. The van der Waals surface area contributed by atoms with Gasteiger partial charge in [0.25, 0.3) is 5.69 Å². The molecule has 0 saturated carbocycles. The molecule has 0 aliphatic rings. The molecule has 4 heteroatoms. The summed E-state index contributed by atoms with van der Waals surface area (Å²) in [7, 11) is 0. The van der Waals surface area contributed by atoms with Gasteiger partial charge in [0.1, 0.15) is 0 Å². The molecule has 0 unspecified atom stereocenters. The van der Waals surface area contributed by atoms with Crippen LogP contribution in [0.3, 0.4) is 0 Å². The van der Waals surface area contributed by atoms with Gasteiger partial charge in [-0.1, -0.05) is 53.9 Å². The van der Waals surface area contributed by atoms with Gasteiger partial charge in [-0.15, -0.1) is 0 Å². The maximum atomic E-state index is 10.0. The van der Waals surface area contributed by atoms with E-state index in [9.17, 15) is 10.1 Å².